The third-order valence-electron chi connectivity index (χ3n) is 25.2. The van der Waals surface area contributed by atoms with Crippen molar-refractivity contribution in [1.29, 1.82) is 0 Å². The van der Waals surface area contributed by atoms with Gasteiger partial charge in [-0.3, -0.25) is 0 Å². The largest absolute Gasteiger partial charge is 0.350 e. The fraction of sp³-hybridized carbons (Fsp3) is 0.0833. The molecule has 0 spiro atoms. The van der Waals surface area contributed by atoms with Crippen molar-refractivity contribution in [2.24, 2.45) is 14.1 Å². The number of fused-ring (bicyclic) bond motifs is 33. The van der Waals surface area contributed by atoms with Crippen LogP contribution in [0.2, 0.25) is 0 Å². The standard InChI is InChI=1S/C96H63BN4/c1-95(2)73-38-19-15-30-59(73)68-48-82-70(46-75(68)95)89-88-67-35-16-20-39-74(67)96(3,4)76(88)49-78-93(89)101(82)84-45-52(85-64(71-50-98(5)79-40-21-17-31-60(71)79)36-23-37-65(85)72-51-99(6)80-41-22-18-32-61(72)80)44-83-92(84)97(78)77-47-69-58-29-10-8-25-54(58)56-27-12-14-34-63(56)87(69)91-90-81(100(83)94(77)91)43-42-66-57-28-9-7-24-53(57)55-26-11-13-33-62(55)86(66)90/h7-51H,1-6H3. The minimum absolute atomic E-state index is 0.189. The first-order valence-corrected chi connectivity index (χ1v) is 35.9. The molecule has 0 atom stereocenters. The fourth-order valence-corrected chi connectivity index (χ4v) is 21.0. The van der Waals surface area contributed by atoms with Gasteiger partial charge >= 0.3 is 0 Å². The molecule has 0 saturated heterocycles. The zero-order valence-corrected chi connectivity index (χ0v) is 56.8. The molecule has 101 heavy (non-hydrogen) atoms. The maximum atomic E-state index is 2.80. The maximum Gasteiger partial charge on any atom is 0.252 e. The van der Waals surface area contributed by atoms with Gasteiger partial charge in [0, 0.05) is 114 Å². The van der Waals surface area contributed by atoms with Crippen LogP contribution in [0.1, 0.15) is 49.9 Å². The molecule has 0 N–H and O–H groups in total. The molecule has 5 heteroatoms. The summed E-state index contributed by atoms with van der Waals surface area (Å²) in [5.74, 6) is 0. The van der Waals surface area contributed by atoms with E-state index in [-0.39, 0.29) is 17.5 Å². The van der Waals surface area contributed by atoms with Crippen molar-refractivity contribution in [3.05, 3.63) is 296 Å². The van der Waals surface area contributed by atoms with Crippen LogP contribution < -0.4 is 16.4 Å². The summed E-state index contributed by atoms with van der Waals surface area (Å²) in [6, 6.07) is 102. The Morgan fingerprint density at radius 1 is 0.267 bits per heavy atom. The molecule has 4 aliphatic rings. The number of aromatic nitrogens is 4. The first kappa shape index (κ1) is 54.8. The summed E-state index contributed by atoms with van der Waals surface area (Å²) in [6.45, 7) is 9.70. The van der Waals surface area contributed by atoms with Crippen molar-refractivity contribution >= 4 is 153 Å². The lowest BCUT2D eigenvalue weighted by atomic mass is 9.34. The van der Waals surface area contributed by atoms with Crippen LogP contribution in [-0.2, 0) is 24.9 Å². The van der Waals surface area contributed by atoms with Gasteiger partial charge < -0.3 is 18.3 Å². The molecule has 470 valence electrons. The number of rotatable bonds is 3. The second kappa shape index (κ2) is 18.6. The highest BCUT2D eigenvalue weighted by Crippen LogP contribution is 2.58. The van der Waals surface area contributed by atoms with Crippen molar-refractivity contribution in [3.8, 4) is 67.0 Å². The summed E-state index contributed by atoms with van der Waals surface area (Å²) >= 11 is 0. The number of hydrogen-bond donors (Lipinski definition) is 0. The molecular weight excluding hydrogens is 1220 g/mol. The van der Waals surface area contributed by atoms with Crippen LogP contribution in [0.5, 0.6) is 0 Å². The van der Waals surface area contributed by atoms with Crippen molar-refractivity contribution in [2.75, 3.05) is 0 Å². The van der Waals surface area contributed by atoms with E-state index < -0.39 is 0 Å². The van der Waals surface area contributed by atoms with Crippen molar-refractivity contribution in [3.63, 3.8) is 0 Å². The molecule has 6 heterocycles. The van der Waals surface area contributed by atoms with Crippen LogP contribution in [0.3, 0.4) is 0 Å². The molecule has 16 aromatic carbocycles. The van der Waals surface area contributed by atoms with Gasteiger partial charge in [0.25, 0.3) is 6.71 Å². The number of benzene rings is 16. The molecule has 0 fully saturated rings. The van der Waals surface area contributed by atoms with Gasteiger partial charge in [-0.05, 0) is 179 Å². The number of para-hydroxylation sites is 2. The van der Waals surface area contributed by atoms with E-state index in [1.54, 1.807) is 0 Å². The average Bonchev–Trinajstić information content (AvgIpc) is 1.52. The molecule has 0 saturated carbocycles. The molecule has 0 unspecified atom stereocenters. The zero-order chi connectivity index (χ0) is 66.5. The lowest BCUT2D eigenvalue weighted by Gasteiger charge is -2.35. The summed E-state index contributed by atoms with van der Waals surface area (Å²) in [7, 11) is 4.42. The van der Waals surface area contributed by atoms with Crippen molar-refractivity contribution in [2.45, 2.75) is 38.5 Å². The molecular formula is C96H63BN4. The van der Waals surface area contributed by atoms with Crippen LogP contribution in [0, 0.1) is 0 Å². The number of hydrogen-bond acceptors (Lipinski definition) is 0. The normalized spacial score (nSPS) is 14.4. The van der Waals surface area contributed by atoms with E-state index in [4.69, 9.17) is 0 Å². The molecule has 20 aromatic rings. The lowest BCUT2D eigenvalue weighted by Crippen LogP contribution is -2.59. The highest BCUT2D eigenvalue weighted by Gasteiger charge is 2.47. The van der Waals surface area contributed by atoms with Gasteiger partial charge in [0.05, 0.1) is 22.1 Å². The second-order valence-corrected chi connectivity index (χ2v) is 30.6. The van der Waals surface area contributed by atoms with Crippen LogP contribution in [0.15, 0.2) is 273 Å². The molecule has 0 radical (unpaired) electrons. The average molecular weight is 1280 g/mol. The molecule has 2 aliphatic heterocycles. The smallest absolute Gasteiger partial charge is 0.252 e. The van der Waals surface area contributed by atoms with Crippen LogP contribution in [0.25, 0.3) is 197 Å². The van der Waals surface area contributed by atoms with Crippen molar-refractivity contribution < 1.29 is 0 Å². The maximum absolute atomic E-state index is 2.80. The summed E-state index contributed by atoms with van der Waals surface area (Å²) in [4.78, 5) is 0. The number of nitrogens with zero attached hydrogens (tertiary/aromatic N) is 4. The first-order chi connectivity index (χ1) is 49.5. The fourth-order valence-electron chi connectivity index (χ4n) is 21.0. The Hall–Kier alpha value is -12.2. The minimum atomic E-state index is -0.298. The van der Waals surface area contributed by atoms with Crippen molar-refractivity contribution in [1.82, 2.24) is 18.3 Å². The van der Waals surface area contributed by atoms with E-state index in [1.165, 1.54) is 236 Å². The second-order valence-electron chi connectivity index (χ2n) is 30.6. The summed E-state index contributed by atoms with van der Waals surface area (Å²) in [6.07, 6.45) is 4.76. The molecule has 2 aliphatic carbocycles. The Balaban J connectivity index is 0.968. The van der Waals surface area contributed by atoms with E-state index in [2.05, 4.69) is 333 Å². The molecule has 24 rings (SSSR count). The van der Waals surface area contributed by atoms with E-state index in [1.807, 2.05) is 0 Å². The van der Waals surface area contributed by atoms with E-state index in [9.17, 15) is 0 Å². The quantitative estimate of drug-likeness (QED) is 0.124. The van der Waals surface area contributed by atoms with E-state index in [0.717, 1.165) is 0 Å². The summed E-state index contributed by atoms with van der Waals surface area (Å²) in [5, 5.41) is 23.1. The van der Waals surface area contributed by atoms with E-state index in [0.29, 0.717) is 0 Å². The summed E-state index contributed by atoms with van der Waals surface area (Å²) < 4.78 is 10.2. The van der Waals surface area contributed by atoms with Gasteiger partial charge in [0.15, 0.2) is 0 Å². The Bertz CT molecular complexity index is 7220. The number of aryl methyl sites for hydroxylation is 2. The molecule has 4 aromatic heterocycles. The third kappa shape index (κ3) is 6.53. The van der Waals surface area contributed by atoms with Gasteiger partial charge in [0.2, 0.25) is 0 Å². The summed E-state index contributed by atoms with van der Waals surface area (Å²) in [5.41, 5.74) is 31.6. The topological polar surface area (TPSA) is 19.7 Å². The highest BCUT2D eigenvalue weighted by atomic mass is 15.0. The third-order valence-corrected chi connectivity index (χ3v) is 25.2. The molecule has 4 nitrogen and oxygen atoms in total. The monoisotopic (exact) mass is 1280 g/mol. The Morgan fingerprint density at radius 3 is 1.32 bits per heavy atom. The van der Waals surface area contributed by atoms with Crippen LogP contribution in [0.4, 0.5) is 0 Å². The predicted molar refractivity (Wildman–Crippen MR) is 429 cm³/mol. The first-order valence-electron chi connectivity index (χ1n) is 35.9. The van der Waals surface area contributed by atoms with Gasteiger partial charge in [-0.2, -0.15) is 0 Å². The van der Waals surface area contributed by atoms with Crippen LogP contribution >= 0.6 is 0 Å². The van der Waals surface area contributed by atoms with Gasteiger partial charge in [-0.25, -0.2) is 0 Å². The van der Waals surface area contributed by atoms with Gasteiger partial charge in [0.1, 0.15) is 0 Å². The Labute approximate surface area is 582 Å². The molecule has 0 amide bonds. The Morgan fingerprint density at radius 2 is 0.713 bits per heavy atom. The van der Waals surface area contributed by atoms with E-state index >= 15 is 0 Å². The molecule has 0 bridgehead atoms. The SMILES string of the molecule is Cn1cc(-c2cccc(-c3cn(C)c4ccccc34)c2-c2cc3c4c(c2)-n2c5ccc6c7ccccc7c7ccccc7c6c5c5c6c7ccccc7c7ccccc7c6cc(c52)B4c2cc4c(c5c6cc7c(cc6n-3c25)-c2ccccc2C7(C)C)-c2ccccc2C4(C)C)c2ccccc21. The predicted octanol–water partition coefficient (Wildman–Crippen LogP) is 22.5. The Kier molecular flexibility index (Phi) is 10.1. The zero-order valence-electron chi connectivity index (χ0n) is 56.8. The van der Waals surface area contributed by atoms with Gasteiger partial charge in [-0.15, -0.1) is 0 Å². The lowest BCUT2D eigenvalue weighted by molar-refractivity contribution is 0.661. The minimum Gasteiger partial charge on any atom is -0.350 e. The highest BCUT2D eigenvalue weighted by molar-refractivity contribution is 7.00. The van der Waals surface area contributed by atoms with Crippen LogP contribution in [-0.4, -0.2) is 25.0 Å². The van der Waals surface area contributed by atoms with Gasteiger partial charge in [-0.1, -0.05) is 246 Å².